The number of aromatic amines is 1. The van der Waals surface area contributed by atoms with E-state index in [1.54, 1.807) is 0 Å². The molecule has 1 amide bonds. The van der Waals surface area contributed by atoms with E-state index in [4.69, 9.17) is 5.73 Å². The molecule has 0 aliphatic rings. The average molecular weight is 258 g/mol. The Hall–Kier alpha value is -2.30. The number of aryl methyl sites for hydroxylation is 2. The number of carbonyl (C=O) groups excluding carboxylic acids is 1. The van der Waals surface area contributed by atoms with Gasteiger partial charge in [0.15, 0.2) is 5.82 Å². The van der Waals surface area contributed by atoms with Gasteiger partial charge in [-0.15, -0.1) is 0 Å². The summed E-state index contributed by atoms with van der Waals surface area (Å²) in [6, 6.07) is 9.42. The number of rotatable bonds is 5. The molecule has 0 fully saturated rings. The van der Waals surface area contributed by atoms with E-state index in [2.05, 4.69) is 15.5 Å². The van der Waals surface area contributed by atoms with E-state index in [-0.39, 0.29) is 5.91 Å². The minimum Gasteiger partial charge on any atom is -0.399 e. The van der Waals surface area contributed by atoms with Gasteiger partial charge in [0.25, 0.3) is 0 Å². The maximum Gasteiger partial charge on any atom is 0.225 e. The Morgan fingerprint density at radius 1 is 1.42 bits per heavy atom. The Morgan fingerprint density at radius 3 is 2.95 bits per heavy atom. The molecule has 0 spiro atoms. The van der Waals surface area contributed by atoms with Gasteiger partial charge >= 0.3 is 0 Å². The quantitative estimate of drug-likeness (QED) is 0.718. The van der Waals surface area contributed by atoms with Crippen molar-refractivity contribution in [3.63, 3.8) is 0 Å². The predicted octanol–water partition coefficient (Wildman–Crippen LogP) is 2.13. The lowest BCUT2D eigenvalue weighted by Gasteiger charge is -2.03. The van der Waals surface area contributed by atoms with Crippen LogP contribution in [0.25, 0.3) is 0 Å². The molecule has 5 heteroatoms. The highest BCUT2D eigenvalue weighted by atomic mass is 16.1. The molecule has 0 unspecified atom stereocenters. The Labute approximate surface area is 112 Å². The molecular weight excluding hydrogens is 240 g/mol. The van der Waals surface area contributed by atoms with Gasteiger partial charge in [-0.2, -0.15) is 5.10 Å². The van der Waals surface area contributed by atoms with Crippen molar-refractivity contribution < 1.29 is 4.79 Å². The first-order valence-corrected chi connectivity index (χ1v) is 6.36. The number of anilines is 2. The fraction of sp³-hybridized carbons (Fsp3) is 0.286. The first kappa shape index (κ1) is 13.1. The van der Waals surface area contributed by atoms with Crippen molar-refractivity contribution in [1.82, 2.24) is 10.2 Å². The van der Waals surface area contributed by atoms with Crippen molar-refractivity contribution in [2.24, 2.45) is 0 Å². The fourth-order valence-corrected chi connectivity index (χ4v) is 1.82. The summed E-state index contributed by atoms with van der Waals surface area (Å²) in [6.45, 7) is 2.03. The molecule has 0 aliphatic heterocycles. The zero-order chi connectivity index (χ0) is 13.7. The van der Waals surface area contributed by atoms with Crippen LogP contribution >= 0.6 is 0 Å². The molecule has 0 radical (unpaired) electrons. The van der Waals surface area contributed by atoms with Crippen LogP contribution in [-0.4, -0.2) is 16.1 Å². The average Bonchev–Trinajstić information content (AvgIpc) is 2.84. The third kappa shape index (κ3) is 3.84. The Bertz CT molecular complexity index is 562. The van der Waals surface area contributed by atoms with Gasteiger partial charge in [-0.3, -0.25) is 9.89 Å². The van der Waals surface area contributed by atoms with Crippen LogP contribution in [0.3, 0.4) is 0 Å². The highest BCUT2D eigenvalue weighted by Crippen LogP contribution is 2.10. The number of nitrogens with one attached hydrogen (secondary N) is 2. The van der Waals surface area contributed by atoms with Gasteiger partial charge in [0.1, 0.15) is 0 Å². The van der Waals surface area contributed by atoms with Crippen molar-refractivity contribution in [3.8, 4) is 0 Å². The summed E-state index contributed by atoms with van der Waals surface area (Å²) in [5, 5.41) is 9.65. The molecule has 0 saturated carbocycles. The summed E-state index contributed by atoms with van der Waals surface area (Å²) in [4.78, 5) is 11.8. The zero-order valence-electron chi connectivity index (χ0n) is 10.9. The van der Waals surface area contributed by atoms with Crippen LogP contribution < -0.4 is 11.1 Å². The number of nitrogens with zero attached hydrogens (tertiary/aromatic N) is 1. The minimum atomic E-state index is -0.0448. The van der Waals surface area contributed by atoms with Crippen molar-refractivity contribution in [2.75, 3.05) is 11.1 Å². The lowest BCUT2D eigenvalue weighted by atomic mass is 10.1. The lowest BCUT2D eigenvalue weighted by molar-refractivity contribution is -0.116. The third-order valence-electron chi connectivity index (χ3n) is 2.87. The number of carbonyl (C=O) groups is 1. The van der Waals surface area contributed by atoms with E-state index in [0.717, 1.165) is 23.4 Å². The van der Waals surface area contributed by atoms with Gasteiger partial charge in [0, 0.05) is 23.9 Å². The fourth-order valence-electron chi connectivity index (χ4n) is 1.82. The molecule has 2 rings (SSSR count). The second-order valence-corrected chi connectivity index (χ2v) is 4.43. The topological polar surface area (TPSA) is 83.8 Å². The highest BCUT2D eigenvalue weighted by Gasteiger charge is 2.06. The van der Waals surface area contributed by atoms with Crippen molar-refractivity contribution in [1.29, 1.82) is 0 Å². The maximum absolute atomic E-state index is 11.8. The summed E-state index contributed by atoms with van der Waals surface area (Å²) in [5.74, 6) is 0.533. The van der Waals surface area contributed by atoms with E-state index in [1.807, 2.05) is 37.3 Å². The molecule has 0 bridgehead atoms. The standard InChI is InChI=1S/C14H18N4O/c1-2-12-9-13(18-17-12)16-14(19)7-6-10-4-3-5-11(15)8-10/h3-5,8-9H,2,6-7,15H2,1H3,(H2,16,17,18,19). The van der Waals surface area contributed by atoms with Gasteiger partial charge in [-0.1, -0.05) is 19.1 Å². The second-order valence-electron chi connectivity index (χ2n) is 4.43. The summed E-state index contributed by atoms with van der Waals surface area (Å²) >= 11 is 0. The molecule has 0 saturated heterocycles. The van der Waals surface area contributed by atoms with Crippen LogP contribution in [0.5, 0.6) is 0 Å². The number of nitrogen functional groups attached to an aromatic ring is 1. The molecule has 0 aliphatic carbocycles. The molecule has 19 heavy (non-hydrogen) atoms. The second kappa shape index (κ2) is 6.04. The van der Waals surface area contributed by atoms with Gasteiger partial charge < -0.3 is 11.1 Å². The van der Waals surface area contributed by atoms with Crippen LogP contribution in [0, 0.1) is 0 Å². The molecule has 5 nitrogen and oxygen atoms in total. The monoisotopic (exact) mass is 258 g/mol. The van der Waals surface area contributed by atoms with Crippen LogP contribution in [0.1, 0.15) is 24.6 Å². The Morgan fingerprint density at radius 2 is 2.26 bits per heavy atom. The van der Waals surface area contributed by atoms with Gasteiger partial charge in [-0.25, -0.2) is 0 Å². The van der Waals surface area contributed by atoms with Gasteiger partial charge in [0.2, 0.25) is 5.91 Å². The first-order chi connectivity index (χ1) is 9.17. The molecule has 0 atom stereocenters. The molecule has 1 heterocycles. The van der Waals surface area contributed by atoms with E-state index in [9.17, 15) is 4.79 Å². The number of hydrogen-bond acceptors (Lipinski definition) is 3. The summed E-state index contributed by atoms with van der Waals surface area (Å²) < 4.78 is 0. The molecule has 1 aromatic heterocycles. The SMILES string of the molecule is CCc1cc(NC(=O)CCc2cccc(N)c2)n[nH]1. The molecule has 1 aromatic carbocycles. The number of aromatic nitrogens is 2. The number of H-pyrrole nitrogens is 1. The Balaban J connectivity index is 1.84. The normalized spacial score (nSPS) is 10.4. The van der Waals surface area contributed by atoms with Crippen molar-refractivity contribution in [3.05, 3.63) is 41.6 Å². The van der Waals surface area contributed by atoms with Crippen LogP contribution in [0.2, 0.25) is 0 Å². The van der Waals surface area contributed by atoms with Crippen molar-refractivity contribution in [2.45, 2.75) is 26.2 Å². The third-order valence-corrected chi connectivity index (χ3v) is 2.87. The summed E-state index contributed by atoms with van der Waals surface area (Å²) in [5.41, 5.74) is 8.48. The molecular formula is C14H18N4O. The Kier molecular flexibility index (Phi) is 4.18. The van der Waals surface area contributed by atoms with E-state index < -0.39 is 0 Å². The van der Waals surface area contributed by atoms with Crippen LogP contribution in [0.15, 0.2) is 30.3 Å². The predicted molar refractivity (Wildman–Crippen MR) is 75.8 cm³/mol. The minimum absolute atomic E-state index is 0.0448. The highest BCUT2D eigenvalue weighted by molar-refractivity contribution is 5.89. The first-order valence-electron chi connectivity index (χ1n) is 6.36. The van der Waals surface area contributed by atoms with Gasteiger partial charge in [0.05, 0.1) is 0 Å². The van der Waals surface area contributed by atoms with Gasteiger partial charge in [-0.05, 0) is 30.5 Å². The van der Waals surface area contributed by atoms with Crippen molar-refractivity contribution >= 4 is 17.4 Å². The van der Waals surface area contributed by atoms with E-state index in [0.29, 0.717) is 18.7 Å². The molecule has 2 aromatic rings. The number of nitrogens with two attached hydrogens (primary N) is 1. The number of benzene rings is 1. The number of hydrogen-bond donors (Lipinski definition) is 3. The van der Waals surface area contributed by atoms with Crippen LogP contribution in [0.4, 0.5) is 11.5 Å². The largest absolute Gasteiger partial charge is 0.399 e. The lowest BCUT2D eigenvalue weighted by Crippen LogP contribution is -2.12. The maximum atomic E-state index is 11.8. The zero-order valence-corrected chi connectivity index (χ0v) is 10.9. The molecule has 100 valence electrons. The smallest absolute Gasteiger partial charge is 0.225 e. The van der Waals surface area contributed by atoms with E-state index >= 15 is 0 Å². The summed E-state index contributed by atoms with van der Waals surface area (Å²) in [7, 11) is 0. The summed E-state index contributed by atoms with van der Waals surface area (Å²) in [6.07, 6.45) is 1.95. The number of amides is 1. The van der Waals surface area contributed by atoms with E-state index in [1.165, 1.54) is 0 Å². The molecule has 4 N–H and O–H groups in total. The van der Waals surface area contributed by atoms with Crippen LogP contribution in [-0.2, 0) is 17.6 Å².